The van der Waals surface area contributed by atoms with E-state index in [0.29, 0.717) is 43.3 Å². The second-order valence-electron chi connectivity index (χ2n) is 7.07. The van der Waals surface area contributed by atoms with Gasteiger partial charge in [0.05, 0.1) is 0 Å². The molecule has 3 aromatic heterocycles. The fourth-order valence-electron chi connectivity index (χ4n) is 3.63. The second-order valence-corrected chi connectivity index (χ2v) is 7.07. The van der Waals surface area contributed by atoms with E-state index in [4.69, 9.17) is 0 Å². The Morgan fingerprint density at radius 3 is 2.54 bits per heavy atom. The normalized spacial score (nSPS) is 17.4. The van der Waals surface area contributed by atoms with Crippen LogP contribution in [0.3, 0.4) is 0 Å². The molecule has 1 atom stereocenters. The summed E-state index contributed by atoms with van der Waals surface area (Å²) in [5, 5.41) is 14.2. The van der Waals surface area contributed by atoms with Crippen molar-refractivity contribution < 1.29 is 18.3 Å². The van der Waals surface area contributed by atoms with Crippen LogP contribution in [0.5, 0.6) is 0 Å². The molecule has 0 aliphatic carbocycles. The zero-order valence-electron chi connectivity index (χ0n) is 15.4. The van der Waals surface area contributed by atoms with E-state index in [-0.39, 0.29) is 11.7 Å². The molecule has 1 aliphatic rings. The lowest BCUT2D eigenvalue weighted by molar-refractivity contribution is -0.144. The van der Waals surface area contributed by atoms with Gasteiger partial charge in [0.2, 0.25) is 0 Å². The predicted molar refractivity (Wildman–Crippen MR) is 93.6 cm³/mol. The van der Waals surface area contributed by atoms with Crippen LogP contribution < -0.4 is 4.90 Å². The van der Waals surface area contributed by atoms with Gasteiger partial charge < -0.3 is 14.6 Å². The summed E-state index contributed by atoms with van der Waals surface area (Å²) in [5.41, 5.74) is 0.568. The van der Waals surface area contributed by atoms with Crippen molar-refractivity contribution in [1.82, 2.24) is 29.1 Å². The van der Waals surface area contributed by atoms with Gasteiger partial charge in [0.15, 0.2) is 0 Å². The molecule has 0 radical (unpaired) electrons. The molecule has 0 spiro atoms. The summed E-state index contributed by atoms with van der Waals surface area (Å²) in [4.78, 5) is 13.8. The summed E-state index contributed by atoms with van der Waals surface area (Å²) in [6.45, 7) is 2.86. The molecule has 4 rings (SSSR count). The summed E-state index contributed by atoms with van der Waals surface area (Å²) < 4.78 is 41.9. The van der Waals surface area contributed by atoms with Crippen molar-refractivity contribution in [2.75, 3.05) is 18.0 Å². The number of alkyl halides is 3. The summed E-state index contributed by atoms with van der Waals surface area (Å²) >= 11 is 0. The largest absolute Gasteiger partial charge is 0.453 e. The third kappa shape index (κ3) is 3.30. The second kappa shape index (κ2) is 6.73. The number of rotatable bonds is 3. The van der Waals surface area contributed by atoms with Crippen molar-refractivity contribution in [1.29, 1.82) is 0 Å². The van der Waals surface area contributed by atoms with Crippen molar-refractivity contribution in [3.05, 3.63) is 35.8 Å². The summed E-state index contributed by atoms with van der Waals surface area (Å²) in [5.74, 6) is -0.108. The molecule has 1 fully saturated rings. The van der Waals surface area contributed by atoms with Crippen LogP contribution in [-0.2, 0) is 13.2 Å². The smallest absolute Gasteiger partial charge is 0.385 e. The molecule has 0 bridgehead atoms. The maximum absolute atomic E-state index is 13.0. The van der Waals surface area contributed by atoms with Gasteiger partial charge in [-0.2, -0.15) is 22.7 Å². The van der Waals surface area contributed by atoms with Gasteiger partial charge in [-0.05, 0) is 25.7 Å². The first kappa shape index (κ1) is 18.7. The third-order valence-electron chi connectivity index (χ3n) is 5.11. The number of hydrogen-bond donors (Lipinski definition) is 1. The van der Waals surface area contributed by atoms with Crippen LogP contribution >= 0.6 is 0 Å². The average Bonchev–Trinajstić information content (AvgIpc) is 3.26. The van der Waals surface area contributed by atoms with Crippen molar-refractivity contribution in [2.24, 2.45) is 13.0 Å². The first-order valence-electron chi connectivity index (χ1n) is 8.96. The minimum atomic E-state index is -4.63. The van der Waals surface area contributed by atoms with Crippen molar-refractivity contribution in [3.63, 3.8) is 0 Å². The standard InChI is InChI=1S/C17H20F3N7O/c1-10-9-12(27-16(22-10)23-15(24-27)17(18,19)20)26-6-3-11(4-7-26)13(28)14-21-5-8-25(14)2/h5,8-9,11,13,28H,3-4,6-7H2,1-2H3. The molecule has 150 valence electrons. The van der Waals surface area contributed by atoms with Crippen molar-refractivity contribution >= 4 is 11.6 Å². The number of aliphatic hydroxyl groups is 1. The molecule has 4 heterocycles. The first-order valence-corrected chi connectivity index (χ1v) is 8.96. The molecule has 1 aliphatic heterocycles. The highest BCUT2D eigenvalue weighted by Crippen LogP contribution is 2.32. The maximum Gasteiger partial charge on any atom is 0.453 e. The highest BCUT2D eigenvalue weighted by Gasteiger charge is 2.37. The van der Waals surface area contributed by atoms with Crippen LogP contribution in [0.2, 0.25) is 0 Å². The van der Waals surface area contributed by atoms with E-state index >= 15 is 0 Å². The third-order valence-corrected chi connectivity index (χ3v) is 5.11. The number of fused-ring (bicyclic) bond motifs is 1. The Hall–Kier alpha value is -2.69. The zero-order chi connectivity index (χ0) is 20.1. The van der Waals surface area contributed by atoms with E-state index in [1.807, 2.05) is 11.9 Å². The quantitative estimate of drug-likeness (QED) is 0.732. The summed E-state index contributed by atoms with van der Waals surface area (Å²) in [7, 11) is 1.83. The Labute approximate surface area is 158 Å². The molecule has 11 heteroatoms. The van der Waals surface area contributed by atoms with E-state index in [9.17, 15) is 18.3 Å². The van der Waals surface area contributed by atoms with E-state index < -0.39 is 18.1 Å². The zero-order valence-corrected chi connectivity index (χ0v) is 15.4. The summed E-state index contributed by atoms with van der Waals surface area (Å²) in [6, 6.07) is 1.71. The Balaban J connectivity index is 1.57. The molecule has 8 nitrogen and oxygen atoms in total. The van der Waals surface area contributed by atoms with Gasteiger partial charge in [-0.25, -0.2) is 9.97 Å². The van der Waals surface area contributed by atoms with Gasteiger partial charge in [0.1, 0.15) is 17.7 Å². The van der Waals surface area contributed by atoms with Gasteiger partial charge in [-0.15, -0.1) is 5.10 Å². The topological polar surface area (TPSA) is 84.4 Å². The number of imidazole rings is 1. The number of aryl methyl sites for hydroxylation is 2. The number of piperidine rings is 1. The van der Waals surface area contributed by atoms with E-state index in [2.05, 4.69) is 20.1 Å². The molecule has 1 N–H and O–H groups in total. The van der Waals surface area contributed by atoms with Gasteiger partial charge in [0, 0.05) is 44.3 Å². The Bertz CT molecular complexity index is 988. The highest BCUT2D eigenvalue weighted by atomic mass is 19.4. The van der Waals surface area contributed by atoms with E-state index in [1.165, 1.54) is 0 Å². The van der Waals surface area contributed by atoms with Gasteiger partial charge >= 0.3 is 6.18 Å². The predicted octanol–water partition coefficient (Wildman–Crippen LogP) is 2.14. The number of halogens is 3. The Kier molecular flexibility index (Phi) is 4.48. The average molecular weight is 395 g/mol. The molecule has 1 saturated heterocycles. The molecule has 0 amide bonds. The molecule has 0 saturated carbocycles. The number of hydrogen-bond acceptors (Lipinski definition) is 6. The number of anilines is 1. The van der Waals surface area contributed by atoms with Crippen LogP contribution in [0.4, 0.5) is 19.0 Å². The monoisotopic (exact) mass is 395 g/mol. The first-order chi connectivity index (χ1) is 13.2. The lowest BCUT2D eigenvalue weighted by atomic mass is 9.90. The number of nitrogens with zero attached hydrogens (tertiary/aromatic N) is 7. The molecular weight excluding hydrogens is 375 g/mol. The van der Waals surface area contributed by atoms with Crippen LogP contribution in [0.15, 0.2) is 18.5 Å². The minimum Gasteiger partial charge on any atom is -0.385 e. The fraction of sp³-hybridized carbons (Fsp3) is 0.529. The van der Waals surface area contributed by atoms with Gasteiger partial charge in [-0.1, -0.05) is 0 Å². The molecule has 1 unspecified atom stereocenters. The van der Waals surface area contributed by atoms with Crippen LogP contribution in [0.25, 0.3) is 5.78 Å². The van der Waals surface area contributed by atoms with Gasteiger partial charge in [0.25, 0.3) is 11.6 Å². The SMILES string of the molecule is Cc1cc(N2CCC(C(O)c3nccn3C)CC2)n2nc(C(F)(F)F)nc2n1. The molecule has 0 aromatic carbocycles. The fourth-order valence-corrected chi connectivity index (χ4v) is 3.63. The van der Waals surface area contributed by atoms with Crippen LogP contribution in [0, 0.1) is 12.8 Å². The molecule has 28 heavy (non-hydrogen) atoms. The van der Waals surface area contributed by atoms with E-state index in [0.717, 1.165) is 4.52 Å². The van der Waals surface area contributed by atoms with Crippen molar-refractivity contribution in [2.45, 2.75) is 32.0 Å². The minimum absolute atomic E-state index is 0.0252. The van der Waals surface area contributed by atoms with Gasteiger partial charge in [-0.3, -0.25) is 0 Å². The Morgan fingerprint density at radius 2 is 1.93 bits per heavy atom. The lowest BCUT2D eigenvalue weighted by Crippen LogP contribution is -2.37. The lowest BCUT2D eigenvalue weighted by Gasteiger charge is -2.35. The summed E-state index contributed by atoms with van der Waals surface area (Å²) in [6.07, 6.45) is -0.516. The van der Waals surface area contributed by atoms with E-state index in [1.54, 1.807) is 30.0 Å². The molecule has 3 aromatic rings. The highest BCUT2D eigenvalue weighted by molar-refractivity contribution is 5.48. The number of aromatic nitrogens is 6. The van der Waals surface area contributed by atoms with Crippen LogP contribution in [-0.4, -0.2) is 47.3 Å². The number of aliphatic hydroxyl groups excluding tert-OH is 1. The molecular formula is C17H20F3N7O. The van der Waals surface area contributed by atoms with Crippen LogP contribution in [0.1, 0.15) is 36.3 Å². The van der Waals surface area contributed by atoms with Crippen molar-refractivity contribution in [3.8, 4) is 0 Å². The Morgan fingerprint density at radius 1 is 1.21 bits per heavy atom. The maximum atomic E-state index is 13.0.